The fourth-order valence-corrected chi connectivity index (χ4v) is 9.68. The normalized spacial score (nSPS) is 17.9. The minimum Gasteiger partial charge on any atom is -0.393 e. The largest absolute Gasteiger partial charge is 0.393 e. The molecule has 1 saturated carbocycles. The van der Waals surface area contributed by atoms with Crippen LogP contribution in [-0.2, 0) is 41.7 Å². The molecule has 17 heteroatoms. The second kappa shape index (κ2) is 22.6. The fourth-order valence-electron chi connectivity index (χ4n) is 9.68. The Bertz CT molecular complexity index is 2950. The lowest BCUT2D eigenvalue weighted by atomic mass is 9.93. The minimum absolute atomic E-state index is 0.0514. The first-order valence-electron chi connectivity index (χ1n) is 24.3. The Morgan fingerprint density at radius 3 is 2.10 bits per heavy atom. The van der Waals surface area contributed by atoms with Crippen LogP contribution < -0.4 is 21.4 Å². The molecule has 5 N–H and O–H groups in total. The number of benzene rings is 4. The smallest absolute Gasteiger partial charge is 0.264 e. The number of aromatic nitrogens is 3. The van der Waals surface area contributed by atoms with Crippen LogP contribution in [0.5, 0.6) is 0 Å². The zero-order valence-electron chi connectivity index (χ0n) is 39.4. The van der Waals surface area contributed by atoms with E-state index in [1.165, 1.54) is 0 Å². The van der Waals surface area contributed by atoms with Crippen LogP contribution in [0.15, 0.2) is 109 Å². The standard InChI is InChI=1S/C54H58N8O9/c55-50-48-46(37-8-3-1-4-9-37)49(38-10-5-2-6-11-38)60(51(48)58-34-61(50)39-18-20-40(63)21-19-39)33-36-16-14-35(15-17-36)32-57-44(64)24-26-69-28-30-71-31-29-70-27-25-56-42-13-7-12-41-47(42)54(68)62(53(41)67)43-22-23-45(65)59-52(43)66/h1-17,34,39-40,43,55-56,63H,18-33H2,(H,57,64)(H,59,65,66). The molecule has 2 aliphatic heterocycles. The number of carbonyl (C=O) groups is 5. The summed E-state index contributed by atoms with van der Waals surface area (Å²) in [6.45, 7) is 3.09. The predicted molar refractivity (Wildman–Crippen MR) is 264 cm³/mol. The highest BCUT2D eigenvalue weighted by atomic mass is 16.5. The summed E-state index contributed by atoms with van der Waals surface area (Å²) in [4.78, 5) is 69.0. The number of anilines is 1. The summed E-state index contributed by atoms with van der Waals surface area (Å²) in [5.41, 5.74) is 8.01. The summed E-state index contributed by atoms with van der Waals surface area (Å²) in [7, 11) is 0. The monoisotopic (exact) mass is 962 g/mol. The quantitative estimate of drug-likeness (QED) is 0.0433. The van der Waals surface area contributed by atoms with Crippen LogP contribution in [0, 0.1) is 5.41 Å². The van der Waals surface area contributed by atoms with Gasteiger partial charge < -0.3 is 39.1 Å². The molecule has 2 fully saturated rings. The molecule has 4 heterocycles. The highest BCUT2D eigenvalue weighted by molar-refractivity contribution is 6.25. The molecule has 0 radical (unpaired) electrons. The molecule has 1 atom stereocenters. The third-order valence-electron chi connectivity index (χ3n) is 13.3. The number of hydrogen-bond acceptors (Lipinski definition) is 12. The number of ether oxygens (including phenoxy) is 3. The zero-order valence-corrected chi connectivity index (χ0v) is 39.4. The zero-order chi connectivity index (χ0) is 49.3. The van der Waals surface area contributed by atoms with Gasteiger partial charge >= 0.3 is 0 Å². The van der Waals surface area contributed by atoms with E-state index in [9.17, 15) is 34.5 Å². The average molecular weight is 963 g/mol. The van der Waals surface area contributed by atoms with Crippen molar-refractivity contribution >= 4 is 46.3 Å². The summed E-state index contributed by atoms with van der Waals surface area (Å²) in [6, 6.07) is 32.6. The molecule has 2 aromatic heterocycles. The van der Waals surface area contributed by atoms with Gasteiger partial charge in [0.05, 0.1) is 74.3 Å². The van der Waals surface area contributed by atoms with Gasteiger partial charge in [0, 0.05) is 49.8 Å². The number of piperidine rings is 1. The van der Waals surface area contributed by atoms with Gasteiger partial charge in [-0.25, -0.2) is 4.98 Å². The maximum Gasteiger partial charge on any atom is 0.264 e. The Morgan fingerprint density at radius 2 is 1.39 bits per heavy atom. The van der Waals surface area contributed by atoms with E-state index in [1.807, 2.05) is 53.1 Å². The lowest BCUT2D eigenvalue weighted by Gasteiger charge is -2.27. The first-order valence-corrected chi connectivity index (χ1v) is 24.3. The number of nitrogens with one attached hydrogen (secondary N) is 4. The van der Waals surface area contributed by atoms with Gasteiger partial charge in [0.15, 0.2) is 0 Å². The van der Waals surface area contributed by atoms with E-state index in [1.54, 1.807) is 24.5 Å². The van der Waals surface area contributed by atoms with Crippen molar-refractivity contribution in [2.45, 2.75) is 76.2 Å². The Morgan fingerprint density at radius 1 is 0.732 bits per heavy atom. The molecule has 5 amide bonds. The molecule has 1 saturated heterocycles. The third kappa shape index (κ3) is 11.0. The highest BCUT2D eigenvalue weighted by Crippen LogP contribution is 2.40. The molecule has 6 aromatic rings. The number of rotatable bonds is 21. The third-order valence-corrected chi connectivity index (χ3v) is 13.3. The number of imide groups is 2. The van der Waals surface area contributed by atoms with E-state index in [2.05, 4.69) is 56.9 Å². The second-order valence-electron chi connectivity index (χ2n) is 18.0. The Hall–Kier alpha value is -7.31. The molecule has 9 rings (SSSR count). The number of hydrogen-bond donors (Lipinski definition) is 5. The van der Waals surface area contributed by atoms with Crippen LogP contribution in [0.2, 0.25) is 0 Å². The molecule has 1 aliphatic carbocycles. The van der Waals surface area contributed by atoms with Crippen LogP contribution in [-0.4, -0.2) is 112 Å². The van der Waals surface area contributed by atoms with E-state index in [-0.39, 0.29) is 55.0 Å². The van der Waals surface area contributed by atoms with Crippen LogP contribution in [0.25, 0.3) is 33.4 Å². The lowest BCUT2D eigenvalue weighted by molar-refractivity contribution is -0.136. The highest BCUT2D eigenvalue weighted by Gasteiger charge is 2.45. The van der Waals surface area contributed by atoms with Crippen molar-refractivity contribution < 1.29 is 43.3 Å². The van der Waals surface area contributed by atoms with Gasteiger partial charge in [-0.15, -0.1) is 0 Å². The van der Waals surface area contributed by atoms with Crippen LogP contribution in [0.1, 0.15) is 82.8 Å². The van der Waals surface area contributed by atoms with Crippen molar-refractivity contribution in [3.63, 3.8) is 0 Å². The van der Waals surface area contributed by atoms with Gasteiger partial charge in [-0.05, 0) is 66.5 Å². The van der Waals surface area contributed by atoms with Gasteiger partial charge in [0.2, 0.25) is 17.7 Å². The van der Waals surface area contributed by atoms with Crippen LogP contribution >= 0.6 is 0 Å². The number of amides is 5. The number of carbonyl (C=O) groups excluding carboxylic acids is 5. The number of aliphatic hydroxyl groups excluding tert-OH is 1. The van der Waals surface area contributed by atoms with Crippen molar-refractivity contribution in [2.24, 2.45) is 0 Å². The topological polar surface area (TPSA) is 219 Å². The van der Waals surface area contributed by atoms with Crippen molar-refractivity contribution in [3.8, 4) is 22.4 Å². The first kappa shape index (κ1) is 48.7. The summed E-state index contributed by atoms with van der Waals surface area (Å²) in [5.74, 6) is -2.35. The molecule has 3 aliphatic rings. The van der Waals surface area contributed by atoms with Crippen molar-refractivity contribution in [2.75, 3.05) is 51.5 Å². The van der Waals surface area contributed by atoms with E-state index in [0.29, 0.717) is 76.7 Å². The number of fused-ring (bicyclic) bond motifs is 2. The number of aliphatic hydroxyl groups is 1. The molecular weight excluding hydrogens is 905 g/mol. The minimum atomic E-state index is -1.03. The summed E-state index contributed by atoms with van der Waals surface area (Å²) >= 11 is 0. The van der Waals surface area contributed by atoms with E-state index < -0.39 is 29.7 Å². The summed E-state index contributed by atoms with van der Waals surface area (Å²) < 4.78 is 21.1. The van der Waals surface area contributed by atoms with Gasteiger partial charge in [-0.2, -0.15) is 0 Å². The van der Waals surface area contributed by atoms with Crippen LogP contribution in [0.3, 0.4) is 0 Å². The molecule has 0 spiro atoms. The van der Waals surface area contributed by atoms with E-state index in [0.717, 1.165) is 62.3 Å². The maximum atomic E-state index is 13.3. The summed E-state index contributed by atoms with van der Waals surface area (Å²) in [5, 5.41) is 29.0. The molecule has 71 heavy (non-hydrogen) atoms. The molecule has 4 aromatic carbocycles. The van der Waals surface area contributed by atoms with E-state index >= 15 is 0 Å². The Kier molecular flexibility index (Phi) is 15.5. The summed E-state index contributed by atoms with van der Waals surface area (Å²) in [6.07, 6.45) is 4.87. The van der Waals surface area contributed by atoms with Gasteiger partial charge in [0.1, 0.15) is 17.2 Å². The lowest BCUT2D eigenvalue weighted by Crippen LogP contribution is -2.54. The molecule has 17 nitrogen and oxygen atoms in total. The Labute approximate surface area is 410 Å². The van der Waals surface area contributed by atoms with Gasteiger partial charge in [-0.3, -0.25) is 39.6 Å². The molecule has 368 valence electrons. The first-order chi connectivity index (χ1) is 34.7. The van der Waals surface area contributed by atoms with Gasteiger partial charge in [0.25, 0.3) is 11.8 Å². The van der Waals surface area contributed by atoms with Crippen molar-refractivity contribution in [3.05, 3.63) is 137 Å². The molecule has 0 bridgehead atoms. The predicted octanol–water partition coefficient (Wildman–Crippen LogP) is 5.74. The van der Waals surface area contributed by atoms with E-state index in [4.69, 9.17) is 19.2 Å². The average Bonchev–Trinajstić information content (AvgIpc) is 3.85. The van der Waals surface area contributed by atoms with Crippen molar-refractivity contribution in [1.29, 1.82) is 5.41 Å². The Balaban J connectivity index is 0.706. The maximum absolute atomic E-state index is 13.3. The second-order valence-corrected chi connectivity index (χ2v) is 18.0. The molecule has 1 unspecified atom stereocenters. The number of nitrogens with zero attached hydrogens (tertiary/aromatic N) is 4. The molecular formula is C54H58N8O9. The van der Waals surface area contributed by atoms with Gasteiger partial charge in [-0.1, -0.05) is 91.0 Å². The SMILES string of the molecule is N=c1c2c(-c3ccccc3)c(-c3ccccc3)n(Cc3ccc(CNC(=O)CCOCCOCCOCCNc4cccc5c4C(=O)N(C4CCC(=O)NC4=O)C5=O)cc3)c2ncn1C1CCC(O)CC1. The van der Waals surface area contributed by atoms with Crippen LogP contribution in [0.4, 0.5) is 5.69 Å². The fraction of sp³-hybridized carbons (Fsp3) is 0.352. The van der Waals surface area contributed by atoms with Crippen molar-refractivity contribution in [1.82, 2.24) is 29.7 Å².